The molecule has 0 unspecified atom stereocenters. The van der Waals surface area contributed by atoms with Gasteiger partial charge >= 0.3 is 0 Å². The van der Waals surface area contributed by atoms with Gasteiger partial charge in [0.15, 0.2) is 0 Å². The number of hydrogen-bond acceptors (Lipinski definition) is 2. The van der Waals surface area contributed by atoms with Crippen molar-refractivity contribution in [3.8, 4) is 0 Å². The largest absolute Gasteiger partial charge is 0.296 e. The van der Waals surface area contributed by atoms with E-state index in [2.05, 4.69) is 29.6 Å². The maximum Gasteiger partial charge on any atom is 0.231 e. The van der Waals surface area contributed by atoms with Crippen molar-refractivity contribution in [1.82, 2.24) is 5.32 Å². The molecule has 0 radical (unpaired) electrons. The molecule has 2 aromatic rings. The lowest BCUT2D eigenvalue weighted by Crippen LogP contribution is -2.41. The molecule has 1 fully saturated rings. The van der Waals surface area contributed by atoms with Crippen molar-refractivity contribution >= 4 is 11.8 Å². The summed E-state index contributed by atoms with van der Waals surface area (Å²) in [5.74, 6) is -0.676. The van der Waals surface area contributed by atoms with E-state index in [9.17, 15) is 9.59 Å². The van der Waals surface area contributed by atoms with E-state index in [4.69, 9.17) is 0 Å². The summed E-state index contributed by atoms with van der Waals surface area (Å²) in [5, 5.41) is 2.55. The van der Waals surface area contributed by atoms with Gasteiger partial charge in [0.05, 0.1) is 11.8 Å². The molecule has 0 aromatic heterocycles. The van der Waals surface area contributed by atoms with Crippen LogP contribution in [0.1, 0.15) is 34.1 Å². The highest BCUT2D eigenvalue weighted by Gasteiger charge is 2.58. The van der Waals surface area contributed by atoms with Crippen LogP contribution in [-0.4, -0.2) is 11.8 Å². The Morgan fingerprint density at radius 1 is 0.619 bits per heavy atom. The first-order chi connectivity index (χ1) is 10.3. The van der Waals surface area contributed by atoms with E-state index < -0.39 is 0 Å². The van der Waals surface area contributed by atoms with Crippen LogP contribution in [0.25, 0.3) is 0 Å². The number of benzene rings is 2. The predicted octanol–water partition coefficient (Wildman–Crippen LogP) is 2.17. The standard InChI is InChI=1S/C18H13NO2/c20-17-15-13-9-5-1-2-6-10(9)14(16(15)18(21)19-17)12-8-4-3-7-11(12)13/h1-8,13-16H,(H,19,20,21)/t13?,14?,15-,16-/m1/s1. The van der Waals surface area contributed by atoms with Gasteiger partial charge < -0.3 is 0 Å². The second-order valence-electron chi connectivity index (χ2n) is 6.12. The van der Waals surface area contributed by atoms with Crippen LogP contribution >= 0.6 is 0 Å². The van der Waals surface area contributed by atoms with Crippen LogP contribution in [-0.2, 0) is 9.59 Å². The molecule has 3 heteroatoms. The lowest BCUT2D eigenvalue weighted by Gasteiger charge is -2.45. The maximum absolute atomic E-state index is 12.3. The summed E-state index contributed by atoms with van der Waals surface area (Å²) in [6.45, 7) is 0. The minimum absolute atomic E-state index is 0.0128. The minimum Gasteiger partial charge on any atom is -0.296 e. The summed E-state index contributed by atoms with van der Waals surface area (Å²) in [6, 6.07) is 16.5. The lowest BCUT2D eigenvalue weighted by atomic mass is 9.55. The molecule has 2 atom stereocenters. The Hall–Kier alpha value is -2.42. The fraction of sp³-hybridized carbons (Fsp3) is 0.222. The molecule has 1 saturated heterocycles. The highest BCUT2D eigenvalue weighted by molar-refractivity contribution is 6.07. The van der Waals surface area contributed by atoms with Crippen molar-refractivity contribution in [1.29, 1.82) is 0 Å². The van der Waals surface area contributed by atoms with E-state index in [0.717, 1.165) is 0 Å². The second kappa shape index (κ2) is 3.61. The van der Waals surface area contributed by atoms with E-state index in [-0.39, 0.29) is 35.5 Å². The minimum atomic E-state index is -0.243. The summed E-state index contributed by atoms with van der Waals surface area (Å²) in [5.41, 5.74) is 4.86. The summed E-state index contributed by atoms with van der Waals surface area (Å²) in [4.78, 5) is 24.6. The normalized spacial score (nSPS) is 31.4. The van der Waals surface area contributed by atoms with Gasteiger partial charge in [0.25, 0.3) is 0 Å². The maximum atomic E-state index is 12.3. The Kier molecular flexibility index (Phi) is 1.94. The van der Waals surface area contributed by atoms with Crippen molar-refractivity contribution in [3.63, 3.8) is 0 Å². The number of hydrogen-bond donors (Lipinski definition) is 1. The van der Waals surface area contributed by atoms with Gasteiger partial charge in [-0.3, -0.25) is 14.9 Å². The van der Waals surface area contributed by atoms with Gasteiger partial charge in [0, 0.05) is 11.8 Å². The molecule has 6 rings (SSSR count). The molecule has 2 amide bonds. The second-order valence-corrected chi connectivity index (χ2v) is 6.12. The van der Waals surface area contributed by atoms with Gasteiger partial charge in [-0.25, -0.2) is 0 Å². The van der Waals surface area contributed by atoms with Crippen LogP contribution in [0.2, 0.25) is 0 Å². The zero-order chi connectivity index (χ0) is 14.1. The molecule has 4 aliphatic rings. The highest BCUT2D eigenvalue weighted by atomic mass is 16.2. The van der Waals surface area contributed by atoms with Gasteiger partial charge in [0.1, 0.15) is 0 Å². The topological polar surface area (TPSA) is 46.2 Å². The first-order valence-corrected chi connectivity index (χ1v) is 7.29. The predicted molar refractivity (Wildman–Crippen MR) is 76.7 cm³/mol. The average molecular weight is 275 g/mol. The quantitative estimate of drug-likeness (QED) is 0.749. The molecular weight excluding hydrogens is 262 g/mol. The van der Waals surface area contributed by atoms with Gasteiger partial charge in [-0.05, 0) is 22.3 Å². The van der Waals surface area contributed by atoms with Gasteiger partial charge in [-0.15, -0.1) is 0 Å². The molecule has 1 aliphatic heterocycles. The summed E-state index contributed by atoms with van der Waals surface area (Å²) in [7, 11) is 0. The Morgan fingerprint density at radius 2 is 0.952 bits per heavy atom. The van der Waals surface area contributed by atoms with Gasteiger partial charge in [0.2, 0.25) is 11.8 Å². The Labute approximate surface area is 122 Å². The van der Waals surface area contributed by atoms with Crippen molar-refractivity contribution in [2.45, 2.75) is 11.8 Å². The number of imide groups is 1. The highest BCUT2D eigenvalue weighted by Crippen LogP contribution is 2.59. The van der Waals surface area contributed by atoms with Crippen LogP contribution in [0.5, 0.6) is 0 Å². The third-order valence-electron chi connectivity index (χ3n) is 5.29. The summed E-state index contributed by atoms with van der Waals surface area (Å²) < 4.78 is 0. The first-order valence-electron chi connectivity index (χ1n) is 7.29. The number of carbonyl (C=O) groups is 2. The van der Waals surface area contributed by atoms with Crippen LogP contribution < -0.4 is 5.32 Å². The molecule has 0 saturated carbocycles. The van der Waals surface area contributed by atoms with E-state index in [1.807, 2.05) is 24.3 Å². The Morgan fingerprint density at radius 3 is 1.29 bits per heavy atom. The molecule has 2 bridgehead atoms. The zero-order valence-corrected chi connectivity index (χ0v) is 11.2. The molecule has 0 spiro atoms. The van der Waals surface area contributed by atoms with Crippen LogP contribution in [0, 0.1) is 11.8 Å². The fourth-order valence-corrected chi connectivity index (χ4v) is 4.60. The average Bonchev–Trinajstić information content (AvgIpc) is 2.83. The molecule has 3 nitrogen and oxygen atoms in total. The van der Waals surface area contributed by atoms with E-state index >= 15 is 0 Å². The molecule has 102 valence electrons. The van der Waals surface area contributed by atoms with Crippen LogP contribution in [0.15, 0.2) is 48.5 Å². The molecule has 3 aliphatic carbocycles. The first kappa shape index (κ1) is 11.3. The number of rotatable bonds is 0. The SMILES string of the molecule is O=C1NC(=O)[C@@H]2C3c4ccccc4C(c4ccccc43)[C@@H]12. The summed E-state index contributed by atoms with van der Waals surface area (Å²) >= 11 is 0. The van der Waals surface area contributed by atoms with Gasteiger partial charge in [-0.2, -0.15) is 0 Å². The molecule has 21 heavy (non-hydrogen) atoms. The monoisotopic (exact) mass is 275 g/mol. The smallest absolute Gasteiger partial charge is 0.231 e. The number of amides is 2. The lowest BCUT2D eigenvalue weighted by molar-refractivity contribution is -0.126. The molecular formula is C18H13NO2. The van der Waals surface area contributed by atoms with Crippen molar-refractivity contribution in [2.24, 2.45) is 11.8 Å². The third kappa shape index (κ3) is 1.20. The molecule has 1 N–H and O–H groups in total. The van der Waals surface area contributed by atoms with Gasteiger partial charge in [-0.1, -0.05) is 48.5 Å². The zero-order valence-electron chi connectivity index (χ0n) is 11.2. The van der Waals surface area contributed by atoms with Crippen LogP contribution in [0.4, 0.5) is 0 Å². The summed E-state index contributed by atoms with van der Waals surface area (Å²) in [6.07, 6.45) is 0. The number of carbonyl (C=O) groups excluding carboxylic acids is 2. The van der Waals surface area contributed by atoms with E-state index in [1.54, 1.807) is 0 Å². The molecule has 2 aromatic carbocycles. The third-order valence-corrected chi connectivity index (χ3v) is 5.29. The van der Waals surface area contributed by atoms with E-state index in [1.165, 1.54) is 22.3 Å². The Bertz CT molecular complexity index is 697. The van der Waals surface area contributed by atoms with Crippen molar-refractivity contribution in [2.75, 3.05) is 0 Å². The number of nitrogens with one attached hydrogen (secondary N) is 1. The van der Waals surface area contributed by atoms with Crippen molar-refractivity contribution in [3.05, 3.63) is 70.8 Å². The Balaban J connectivity index is 1.88. The van der Waals surface area contributed by atoms with Crippen LogP contribution in [0.3, 0.4) is 0 Å². The van der Waals surface area contributed by atoms with E-state index in [0.29, 0.717) is 0 Å². The fourth-order valence-electron chi connectivity index (χ4n) is 4.60. The van der Waals surface area contributed by atoms with Crippen molar-refractivity contribution < 1.29 is 9.59 Å². The molecule has 1 heterocycles.